The highest BCUT2D eigenvalue weighted by Gasteiger charge is 2.35. The van der Waals surface area contributed by atoms with Crippen LogP contribution >= 0.6 is 0 Å². The molecule has 0 bridgehead atoms. The van der Waals surface area contributed by atoms with E-state index >= 15 is 0 Å². The minimum atomic E-state index is -1.50. The molecule has 1 aliphatic rings. The normalized spacial score (nSPS) is 22.3. The molecule has 148 valence electrons. The number of nitrogens with zero attached hydrogens (tertiary/aromatic N) is 1. The molecule has 5 heteroatoms. The maximum atomic E-state index is 12.8. The SMILES string of the molecule is CC1CC(OC(=O)C(O)c2ccccc2C(=O)c2cccnc2)CC(C)(C)C1. The number of aliphatic hydroxyl groups is 1. The lowest BCUT2D eigenvalue weighted by Gasteiger charge is -2.38. The molecule has 3 rings (SSSR count). The highest BCUT2D eigenvalue weighted by Crippen LogP contribution is 2.40. The van der Waals surface area contributed by atoms with Crippen LogP contribution in [0.2, 0.25) is 0 Å². The smallest absolute Gasteiger partial charge is 0.339 e. The van der Waals surface area contributed by atoms with Crippen molar-refractivity contribution in [2.24, 2.45) is 11.3 Å². The molecule has 0 saturated heterocycles. The second-order valence-corrected chi connectivity index (χ2v) is 8.53. The third-order valence-corrected chi connectivity index (χ3v) is 5.28. The van der Waals surface area contributed by atoms with Crippen LogP contribution in [0.25, 0.3) is 0 Å². The molecule has 1 aliphatic carbocycles. The zero-order valence-electron chi connectivity index (χ0n) is 16.6. The molecule has 3 unspecified atom stereocenters. The molecule has 1 aromatic heterocycles. The average Bonchev–Trinajstić information content (AvgIpc) is 2.66. The standard InChI is InChI=1S/C23H27NO4/c1-15-11-17(13-23(2,3)12-15)28-22(27)21(26)19-9-5-4-8-18(19)20(25)16-7-6-10-24-14-16/h4-10,14-15,17,21,26H,11-13H2,1-3H3. The Morgan fingerprint density at radius 1 is 1.18 bits per heavy atom. The molecule has 0 aliphatic heterocycles. The second kappa shape index (κ2) is 8.23. The van der Waals surface area contributed by atoms with Gasteiger partial charge < -0.3 is 9.84 Å². The monoisotopic (exact) mass is 381 g/mol. The summed E-state index contributed by atoms with van der Waals surface area (Å²) in [6.07, 6.45) is 3.98. The fraction of sp³-hybridized carbons (Fsp3) is 0.435. The zero-order chi connectivity index (χ0) is 20.3. The molecule has 1 fully saturated rings. The van der Waals surface area contributed by atoms with Crippen LogP contribution < -0.4 is 0 Å². The van der Waals surface area contributed by atoms with Crippen molar-refractivity contribution in [2.45, 2.75) is 52.2 Å². The summed E-state index contributed by atoms with van der Waals surface area (Å²) in [5.74, 6) is -0.539. The summed E-state index contributed by atoms with van der Waals surface area (Å²) in [5, 5.41) is 10.6. The van der Waals surface area contributed by atoms with Crippen molar-refractivity contribution in [1.82, 2.24) is 4.98 Å². The van der Waals surface area contributed by atoms with Gasteiger partial charge in [0.2, 0.25) is 0 Å². The van der Waals surface area contributed by atoms with Gasteiger partial charge in [-0.05, 0) is 42.7 Å². The van der Waals surface area contributed by atoms with Crippen LogP contribution in [0.3, 0.4) is 0 Å². The summed E-state index contributed by atoms with van der Waals surface area (Å²) in [6, 6.07) is 9.92. The van der Waals surface area contributed by atoms with Gasteiger partial charge in [0.15, 0.2) is 11.9 Å². The molecular weight excluding hydrogens is 354 g/mol. The number of pyridine rings is 1. The quantitative estimate of drug-likeness (QED) is 0.623. The lowest BCUT2D eigenvalue weighted by Crippen LogP contribution is -2.35. The Morgan fingerprint density at radius 3 is 2.61 bits per heavy atom. The largest absolute Gasteiger partial charge is 0.460 e. The van der Waals surface area contributed by atoms with Gasteiger partial charge in [-0.3, -0.25) is 9.78 Å². The minimum absolute atomic E-state index is 0.0990. The number of hydrogen-bond donors (Lipinski definition) is 1. The Kier molecular flexibility index (Phi) is 5.94. The van der Waals surface area contributed by atoms with Crippen molar-refractivity contribution in [1.29, 1.82) is 0 Å². The van der Waals surface area contributed by atoms with E-state index in [4.69, 9.17) is 4.74 Å². The van der Waals surface area contributed by atoms with Crippen LogP contribution in [-0.2, 0) is 9.53 Å². The number of rotatable bonds is 5. The topological polar surface area (TPSA) is 76.5 Å². The van der Waals surface area contributed by atoms with E-state index in [1.54, 1.807) is 42.6 Å². The molecule has 0 radical (unpaired) electrons. The lowest BCUT2D eigenvalue weighted by atomic mass is 9.71. The Bertz CT molecular complexity index is 847. The first-order valence-corrected chi connectivity index (χ1v) is 9.69. The molecule has 3 atom stereocenters. The van der Waals surface area contributed by atoms with Crippen LogP contribution in [0.4, 0.5) is 0 Å². The van der Waals surface area contributed by atoms with Crippen LogP contribution in [0.15, 0.2) is 48.8 Å². The summed E-state index contributed by atoms with van der Waals surface area (Å²) in [5.41, 5.74) is 1.03. The van der Waals surface area contributed by atoms with Crippen LogP contribution in [0.5, 0.6) is 0 Å². The first-order valence-electron chi connectivity index (χ1n) is 9.69. The number of aliphatic hydroxyl groups excluding tert-OH is 1. The number of carbonyl (C=O) groups excluding carboxylic acids is 2. The van der Waals surface area contributed by atoms with E-state index in [1.165, 1.54) is 6.20 Å². The predicted octanol–water partition coefficient (Wildman–Crippen LogP) is 4.10. The maximum Gasteiger partial charge on any atom is 0.339 e. The van der Waals surface area contributed by atoms with E-state index in [9.17, 15) is 14.7 Å². The summed E-state index contributed by atoms with van der Waals surface area (Å²) in [4.78, 5) is 29.4. The number of ketones is 1. The van der Waals surface area contributed by atoms with Crippen molar-refractivity contribution >= 4 is 11.8 Å². The minimum Gasteiger partial charge on any atom is -0.460 e. The Labute approximate surface area is 165 Å². The zero-order valence-corrected chi connectivity index (χ0v) is 16.6. The molecule has 1 aromatic carbocycles. The number of hydrogen-bond acceptors (Lipinski definition) is 5. The number of ether oxygens (including phenoxy) is 1. The van der Waals surface area contributed by atoms with E-state index in [0.717, 1.165) is 19.3 Å². The number of carbonyl (C=O) groups is 2. The Hall–Kier alpha value is -2.53. The van der Waals surface area contributed by atoms with Gasteiger partial charge in [0.1, 0.15) is 6.10 Å². The van der Waals surface area contributed by atoms with Gasteiger partial charge in [-0.15, -0.1) is 0 Å². The fourth-order valence-electron chi connectivity index (χ4n) is 4.30. The summed E-state index contributed by atoms with van der Waals surface area (Å²) >= 11 is 0. The van der Waals surface area contributed by atoms with Crippen molar-refractivity contribution in [3.63, 3.8) is 0 Å². The van der Waals surface area contributed by atoms with E-state index in [1.807, 2.05) is 0 Å². The van der Waals surface area contributed by atoms with E-state index in [2.05, 4.69) is 25.8 Å². The molecular formula is C23H27NO4. The maximum absolute atomic E-state index is 12.8. The van der Waals surface area contributed by atoms with E-state index < -0.39 is 12.1 Å². The van der Waals surface area contributed by atoms with Crippen molar-refractivity contribution in [3.8, 4) is 0 Å². The fourth-order valence-corrected chi connectivity index (χ4v) is 4.30. The highest BCUT2D eigenvalue weighted by molar-refractivity contribution is 6.10. The first kappa shape index (κ1) is 20.2. The lowest BCUT2D eigenvalue weighted by molar-refractivity contribution is -0.163. The summed E-state index contributed by atoms with van der Waals surface area (Å²) in [7, 11) is 0. The Morgan fingerprint density at radius 2 is 1.93 bits per heavy atom. The van der Waals surface area contributed by atoms with Crippen molar-refractivity contribution in [2.75, 3.05) is 0 Å². The molecule has 1 N–H and O–H groups in total. The van der Waals surface area contributed by atoms with Crippen molar-refractivity contribution < 1.29 is 19.4 Å². The summed E-state index contributed by atoms with van der Waals surface area (Å²) < 4.78 is 5.64. The molecule has 28 heavy (non-hydrogen) atoms. The Balaban J connectivity index is 1.78. The van der Waals surface area contributed by atoms with Gasteiger partial charge >= 0.3 is 5.97 Å². The molecule has 1 heterocycles. The van der Waals surface area contributed by atoms with Gasteiger partial charge in [-0.25, -0.2) is 4.79 Å². The first-order chi connectivity index (χ1) is 13.3. The van der Waals surface area contributed by atoms with E-state index in [-0.39, 0.29) is 28.4 Å². The summed E-state index contributed by atoms with van der Waals surface area (Å²) in [6.45, 7) is 6.49. The van der Waals surface area contributed by atoms with Gasteiger partial charge in [0.05, 0.1) is 0 Å². The molecule has 2 aromatic rings. The van der Waals surface area contributed by atoms with Crippen LogP contribution in [0, 0.1) is 11.3 Å². The van der Waals surface area contributed by atoms with Gasteiger partial charge in [-0.1, -0.05) is 45.0 Å². The highest BCUT2D eigenvalue weighted by atomic mass is 16.6. The number of benzene rings is 1. The van der Waals surface area contributed by atoms with Crippen LogP contribution in [-0.4, -0.2) is 27.9 Å². The third kappa shape index (κ3) is 4.65. The van der Waals surface area contributed by atoms with Crippen LogP contribution in [0.1, 0.15) is 67.6 Å². The molecule has 0 amide bonds. The molecule has 0 spiro atoms. The third-order valence-electron chi connectivity index (χ3n) is 5.28. The number of aromatic nitrogens is 1. The van der Waals surface area contributed by atoms with Gasteiger partial charge in [0.25, 0.3) is 0 Å². The van der Waals surface area contributed by atoms with Crippen molar-refractivity contribution in [3.05, 3.63) is 65.5 Å². The molecule has 5 nitrogen and oxygen atoms in total. The van der Waals surface area contributed by atoms with Gasteiger partial charge in [0, 0.05) is 29.1 Å². The van der Waals surface area contributed by atoms with Gasteiger partial charge in [-0.2, -0.15) is 0 Å². The molecule has 1 saturated carbocycles. The second-order valence-electron chi connectivity index (χ2n) is 8.53. The van der Waals surface area contributed by atoms with E-state index in [0.29, 0.717) is 11.5 Å². The average molecular weight is 381 g/mol. The number of esters is 1. The predicted molar refractivity (Wildman–Crippen MR) is 106 cm³/mol.